The number of rotatable bonds is 3. The minimum Gasteiger partial charge on any atom is -0.396 e. The van der Waals surface area contributed by atoms with Gasteiger partial charge in [0.25, 0.3) is 0 Å². The number of pyridine rings is 1. The molecule has 4 nitrogen and oxygen atoms in total. The zero-order valence-electron chi connectivity index (χ0n) is 13.8. The van der Waals surface area contributed by atoms with E-state index < -0.39 is 0 Å². The van der Waals surface area contributed by atoms with E-state index in [9.17, 15) is 0 Å². The van der Waals surface area contributed by atoms with E-state index in [4.69, 9.17) is 17.3 Å². The summed E-state index contributed by atoms with van der Waals surface area (Å²) in [5, 5.41) is 11.3. The highest BCUT2D eigenvalue weighted by Crippen LogP contribution is 2.32. The number of nitrogens with zero attached hydrogens (tertiary/aromatic N) is 3. The molecule has 0 amide bonds. The molecule has 0 saturated heterocycles. The largest absolute Gasteiger partial charge is 0.396 e. The fraction of sp³-hybridized carbons (Fsp3) is 0. The maximum absolute atomic E-state index is 6.22. The monoisotopic (exact) mass is 358 g/mol. The van der Waals surface area contributed by atoms with Gasteiger partial charge in [-0.2, -0.15) is 0 Å². The molecule has 0 radical (unpaired) electrons. The molecular formula is C21H15ClN4. The number of aromatic nitrogens is 1. The van der Waals surface area contributed by atoms with Gasteiger partial charge in [-0.25, -0.2) is 0 Å². The third kappa shape index (κ3) is 3.27. The Kier molecular flexibility index (Phi) is 4.33. The molecule has 0 aliphatic carbocycles. The number of fused-ring (bicyclic) bond motifs is 1. The number of halogens is 1. The Balaban J connectivity index is 1.59. The van der Waals surface area contributed by atoms with E-state index in [2.05, 4.69) is 15.2 Å². The minimum atomic E-state index is 0.623. The Morgan fingerprint density at radius 1 is 0.808 bits per heavy atom. The maximum Gasteiger partial charge on any atom is 0.109 e. The van der Waals surface area contributed by atoms with Crippen LogP contribution in [0.2, 0.25) is 5.02 Å². The molecule has 0 aliphatic rings. The van der Waals surface area contributed by atoms with Crippen LogP contribution in [0.15, 0.2) is 89.2 Å². The molecule has 0 atom stereocenters. The summed E-state index contributed by atoms with van der Waals surface area (Å²) in [6.45, 7) is 0. The summed E-state index contributed by atoms with van der Waals surface area (Å²) in [5.41, 5.74) is 9.99. The van der Waals surface area contributed by atoms with Crippen LogP contribution in [-0.4, -0.2) is 4.98 Å². The zero-order chi connectivity index (χ0) is 17.9. The normalized spacial score (nSPS) is 11.3. The Hall–Kier alpha value is -3.24. The maximum atomic E-state index is 6.22. The lowest BCUT2D eigenvalue weighted by Gasteiger charge is -2.04. The van der Waals surface area contributed by atoms with Crippen LogP contribution < -0.4 is 5.73 Å². The van der Waals surface area contributed by atoms with Gasteiger partial charge in [-0.3, -0.25) is 4.98 Å². The van der Waals surface area contributed by atoms with Gasteiger partial charge in [0, 0.05) is 16.0 Å². The van der Waals surface area contributed by atoms with Gasteiger partial charge in [0.2, 0.25) is 0 Å². The Labute approximate surface area is 156 Å². The van der Waals surface area contributed by atoms with Crippen molar-refractivity contribution in [3.05, 3.63) is 84.0 Å². The molecule has 0 fully saturated rings. The average Bonchev–Trinajstić information content (AvgIpc) is 2.69. The molecule has 0 spiro atoms. The first-order valence-electron chi connectivity index (χ1n) is 8.12. The van der Waals surface area contributed by atoms with Crippen molar-refractivity contribution < 1.29 is 0 Å². The molecular weight excluding hydrogens is 344 g/mol. The van der Waals surface area contributed by atoms with Crippen molar-refractivity contribution in [1.29, 1.82) is 0 Å². The molecule has 3 aromatic carbocycles. The molecule has 0 saturated carbocycles. The lowest BCUT2D eigenvalue weighted by atomic mass is 10.1. The summed E-state index contributed by atoms with van der Waals surface area (Å²) in [6.07, 6.45) is 1.69. The van der Waals surface area contributed by atoms with Crippen molar-refractivity contribution in [2.45, 2.75) is 0 Å². The molecule has 0 bridgehead atoms. The zero-order valence-corrected chi connectivity index (χ0v) is 14.6. The van der Waals surface area contributed by atoms with Crippen molar-refractivity contribution >= 4 is 39.4 Å². The Bertz CT molecular complexity index is 1090. The number of hydrogen-bond acceptors (Lipinski definition) is 4. The molecule has 0 unspecified atom stereocenters. The van der Waals surface area contributed by atoms with Gasteiger partial charge in [-0.15, -0.1) is 10.2 Å². The van der Waals surface area contributed by atoms with E-state index in [0.717, 1.165) is 22.0 Å². The highest BCUT2D eigenvalue weighted by molar-refractivity contribution is 6.30. The highest BCUT2D eigenvalue weighted by Gasteiger charge is 2.04. The highest BCUT2D eigenvalue weighted by atomic mass is 35.5. The van der Waals surface area contributed by atoms with Crippen LogP contribution >= 0.6 is 11.6 Å². The average molecular weight is 359 g/mol. The summed E-state index contributed by atoms with van der Waals surface area (Å²) >= 11 is 5.91. The van der Waals surface area contributed by atoms with Gasteiger partial charge in [0.1, 0.15) is 11.4 Å². The molecule has 4 aromatic rings. The first-order valence-corrected chi connectivity index (χ1v) is 8.49. The number of hydrogen-bond donors (Lipinski definition) is 1. The van der Waals surface area contributed by atoms with Crippen molar-refractivity contribution in [2.75, 3.05) is 5.73 Å². The number of azo groups is 1. The molecule has 5 heteroatoms. The van der Waals surface area contributed by atoms with E-state index >= 15 is 0 Å². The van der Waals surface area contributed by atoms with Gasteiger partial charge >= 0.3 is 0 Å². The Morgan fingerprint density at radius 2 is 1.62 bits per heavy atom. The molecule has 126 valence electrons. The first-order chi connectivity index (χ1) is 12.7. The number of nitrogens with two attached hydrogens (primary N) is 1. The van der Waals surface area contributed by atoms with Crippen molar-refractivity contribution in [3.8, 4) is 11.3 Å². The van der Waals surface area contributed by atoms with Crippen LogP contribution in [0.4, 0.5) is 17.1 Å². The number of nitrogen functional groups attached to an aromatic ring is 1. The van der Waals surface area contributed by atoms with E-state index in [0.29, 0.717) is 22.1 Å². The lowest BCUT2D eigenvalue weighted by molar-refractivity contribution is 1.20. The number of anilines is 1. The Morgan fingerprint density at radius 3 is 2.38 bits per heavy atom. The van der Waals surface area contributed by atoms with E-state index in [-0.39, 0.29) is 0 Å². The van der Waals surface area contributed by atoms with Crippen LogP contribution in [0.1, 0.15) is 0 Å². The third-order valence-corrected chi connectivity index (χ3v) is 4.36. The summed E-state index contributed by atoms with van der Waals surface area (Å²) in [6, 6.07) is 23.1. The molecule has 2 N–H and O–H groups in total. The molecule has 26 heavy (non-hydrogen) atoms. The van der Waals surface area contributed by atoms with E-state index in [1.807, 2.05) is 72.8 Å². The molecule has 1 heterocycles. The lowest BCUT2D eigenvalue weighted by Crippen LogP contribution is -1.87. The van der Waals surface area contributed by atoms with E-state index in [1.165, 1.54) is 0 Å². The predicted molar refractivity (Wildman–Crippen MR) is 107 cm³/mol. The predicted octanol–water partition coefficient (Wildman–Crippen LogP) is 6.55. The van der Waals surface area contributed by atoms with Crippen molar-refractivity contribution in [1.82, 2.24) is 4.98 Å². The van der Waals surface area contributed by atoms with Gasteiger partial charge in [0.15, 0.2) is 0 Å². The topological polar surface area (TPSA) is 63.6 Å². The molecule has 0 aliphatic heterocycles. The van der Waals surface area contributed by atoms with Gasteiger partial charge in [-0.1, -0.05) is 54.1 Å². The fourth-order valence-electron chi connectivity index (χ4n) is 2.72. The second-order valence-corrected chi connectivity index (χ2v) is 6.26. The summed E-state index contributed by atoms with van der Waals surface area (Å²) in [7, 11) is 0. The van der Waals surface area contributed by atoms with Gasteiger partial charge in [0.05, 0.1) is 17.6 Å². The SMILES string of the molecule is Nc1c(N=Nc2ccc(-c3ccc(Cl)cc3)nc2)ccc2ccccc12. The second kappa shape index (κ2) is 6.94. The minimum absolute atomic E-state index is 0.623. The van der Waals surface area contributed by atoms with Crippen LogP contribution in [0.3, 0.4) is 0 Å². The summed E-state index contributed by atoms with van der Waals surface area (Å²) in [4.78, 5) is 4.44. The van der Waals surface area contributed by atoms with Crippen LogP contribution in [-0.2, 0) is 0 Å². The standard InChI is InChI=1S/C21H15ClN4/c22-16-8-5-15(6-9-16)19-12-10-17(13-24-19)25-26-20-11-7-14-3-1-2-4-18(14)21(20)23/h1-13H,23H2. The number of benzene rings is 3. The van der Waals surface area contributed by atoms with Gasteiger partial charge < -0.3 is 5.73 Å². The van der Waals surface area contributed by atoms with Crippen molar-refractivity contribution in [3.63, 3.8) is 0 Å². The summed E-state index contributed by atoms with van der Waals surface area (Å²) in [5.74, 6) is 0. The van der Waals surface area contributed by atoms with Crippen molar-refractivity contribution in [2.24, 2.45) is 10.2 Å². The van der Waals surface area contributed by atoms with Crippen LogP contribution in [0.25, 0.3) is 22.0 Å². The molecule has 4 rings (SSSR count). The second-order valence-electron chi connectivity index (χ2n) is 5.83. The van der Waals surface area contributed by atoms with Crippen LogP contribution in [0.5, 0.6) is 0 Å². The van der Waals surface area contributed by atoms with Gasteiger partial charge in [-0.05, 0) is 35.7 Å². The quantitative estimate of drug-likeness (QED) is 0.333. The third-order valence-electron chi connectivity index (χ3n) is 4.11. The smallest absolute Gasteiger partial charge is 0.109 e. The van der Waals surface area contributed by atoms with Crippen LogP contribution in [0, 0.1) is 0 Å². The first kappa shape index (κ1) is 16.2. The van der Waals surface area contributed by atoms with E-state index in [1.54, 1.807) is 6.20 Å². The molecule has 1 aromatic heterocycles. The fourth-order valence-corrected chi connectivity index (χ4v) is 2.85. The summed E-state index contributed by atoms with van der Waals surface area (Å²) < 4.78 is 0.